The number of halogens is 2. The number of aliphatic hydroxyl groups is 1. The van der Waals surface area contributed by atoms with Gasteiger partial charge < -0.3 is 39.7 Å². The zero-order valence-corrected chi connectivity index (χ0v) is 34.1. The number of hydrogen-bond donors (Lipinski definition) is 5. The molecule has 2 aromatic carbocycles. The molecule has 0 radical (unpaired) electrons. The molecule has 0 bridgehead atoms. The van der Waals surface area contributed by atoms with Crippen molar-refractivity contribution < 1.29 is 37.7 Å². The molecule has 2 aromatic heterocycles. The van der Waals surface area contributed by atoms with E-state index in [1.807, 2.05) is 32.6 Å². The van der Waals surface area contributed by atoms with Gasteiger partial charge in [0.2, 0.25) is 18.2 Å². The molecule has 5 N–H and O–H groups in total. The van der Waals surface area contributed by atoms with E-state index in [4.69, 9.17) is 9.47 Å². The van der Waals surface area contributed by atoms with Gasteiger partial charge in [0.25, 0.3) is 5.92 Å². The maximum Gasteiger partial charge on any atom is 0.407 e. The number of carbonyl (C=O) groups excluding carboxylic acids is 3. The van der Waals surface area contributed by atoms with Gasteiger partial charge in [-0.1, -0.05) is 52.0 Å². The van der Waals surface area contributed by atoms with Gasteiger partial charge in [-0.2, -0.15) is 8.78 Å². The van der Waals surface area contributed by atoms with E-state index in [1.165, 1.54) is 26.4 Å². The number of rotatable bonds is 12. The summed E-state index contributed by atoms with van der Waals surface area (Å²) in [5.41, 5.74) is 2.89. The number of likely N-dealkylation sites (tertiary alicyclic amines) is 2. The number of alkyl carbamates (subject to hydrolysis) is 1. The smallest absolute Gasteiger partial charge is 0.407 e. The maximum absolute atomic E-state index is 16.5. The van der Waals surface area contributed by atoms with Crippen molar-refractivity contribution in [2.45, 2.75) is 96.3 Å². The number of amides is 3. The van der Waals surface area contributed by atoms with Gasteiger partial charge in [0.1, 0.15) is 17.7 Å². The molecule has 16 heteroatoms. The number of carbonyl (C=O) groups is 3. The van der Waals surface area contributed by atoms with Crippen LogP contribution in [0.4, 0.5) is 13.6 Å². The Kier molecular flexibility index (Phi) is 10.6. The van der Waals surface area contributed by atoms with Gasteiger partial charge in [-0.25, -0.2) is 14.8 Å². The summed E-state index contributed by atoms with van der Waals surface area (Å²) in [6.07, 6.45) is 5.44. The fourth-order valence-electron chi connectivity index (χ4n) is 9.08. The molecule has 1 unspecified atom stereocenters. The number of hydrogen-bond acceptors (Lipinski definition) is 9. The van der Waals surface area contributed by atoms with Crippen LogP contribution in [0.3, 0.4) is 0 Å². The van der Waals surface area contributed by atoms with Gasteiger partial charge in [0, 0.05) is 42.5 Å². The van der Waals surface area contributed by atoms with E-state index < -0.39 is 30.5 Å². The number of nitrogens with one attached hydrogen (secondary N) is 4. The summed E-state index contributed by atoms with van der Waals surface area (Å²) >= 11 is 0. The first-order valence-electron chi connectivity index (χ1n) is 20.3. The van der Waals surface area contributed by atoms with E-state index in [2.05, 4.69) is 30.6 Å². The second-order valence-electron chi connectivity index (χ2n) is 17.2. The molecule has 314 valence electrons. The SMILES string of the molecule is COC(=O)N[C@H](C(=O)N1CCC[C@H]1c1ncc(-c2ccc3c(c2)C(F)(F)c2cc(-c4cnc([C@@H]5CC6(CC6)CN5C(=O)[C@@H](NC(O)OC)C(C)C)[nH]4)ccc2-3)[nH]1)C(C)C. The number of alkyl halides is 2. The minimum Gasteiger partial charge on any atom is -0.453 e. The molecule has 5 atom stereocenters. The zero-order chi connectivity index (χ0) is 42.0. The highest BCUT2D eigenvalue weighted by Gasteiger charge is 2.55. The second-order valence-corrected chi connectivity index (χ2v) is 17.2. The van der Waals surface area contributed by atoms with Crippen LogP contribution in [0.2, 0.25) is 0 Å². The number of benzene rings is 2. The Labute approximate surface area is 341 Å². The average molecular weight is 815 g/mol. The van der Waals surface area contributed by atoms with Crippen molar-refractivity contribution in [1.82, 2.24) is 40.4 Å². The van der Waals surface area contributed by atoms with Crippen LogP contribution in [0.15, 0.2) is 48.8 Å². The molecule has 4 aromatic rings. The van der Waals surface area contributed by atoms with Crippen molar-refractivity contribution in [1.29, 1.82) is 0 Å². The number of aliphatic hydroxyl groups excluding tert-OH is 1. The molecule has 1 saturated carbocycles. The quantitative estimate of drug-likeness (QED) is 0.104. The van der Waals surface area contributed by atoms with Crippen molar-refractivity contribution in [2.75, 3.05) is 27.3 Å². The Balaban J connectivity index is 1.01. The first-order chi connectivity index (χ1) is 28.1. The number of fused-ring (bicyclic) bond motifs is 3. The number of imidazole rings is 2. The summed E-state index contributed by atoms with van der Waals surface area (Å²) in [4.78, 5) is 59.1. The summed E-state index contributed by atoms with van der Waals surface area (Å²) in [5, 5.41) is 15.7. The van der Waals surface area contributed by atoms with Crippen LogP contribution in [0.5, 0.6) is 0 Å². The third-order valence-electron chi connectivity index (χ3n) is 12.6. The van der Waals surface area contributed by atoms with Gasteiger partial charge in [-0.05, 0) is 72.6 Å². The van der Waals surface area contributed by atoms with Crippen LogP contribution in [-0.4, -0.2) is 98.6 Å². The van der Waals surface area contributed by atoms with E-state index in [9.17, 15) is 19.5 Å². The van der Waals surface area contributed by atoms with Crippen LogP contribution in [0.25, 0.3) is 33.6 Å². The Hall–Kier alpha value is -5.19. The molecular formula is C43H52F2N8O6. The molecule has 4 heterocycles. The molecule has 8 rings (SSSR count). The van der Waals surface area contributed by atoms with Gasteiger partial charge in [-0.3, -0.25) is 14.9 Å². The monoisotopic (exact) mass is 814 g/mol. The summed E-state index contributed by atoms with van der Waals surface area (Å²) in [7, 11) is 2.61. The fourth-order valence-corrected chi connectivity index (χ4v) is 9.08. The van der Waals surface area contributed by atoms with Crippen molar-refractivity contribution in [3.05, 3.63) is 71.6 Å². The van der Waals surface area contributed by atoms with Crippen molar-refractivity contribution in [3.63, 3.8) is 0 Å². The zero-order valence-electron chi connectivity index (χ0n) is 34.1. The number of methoxy groups -OCH3 is 2. The van der Waals surface area contributed by atoms with E-state index in [0.717, 1.165) is 25.7 Å². The normalized spacial score (nSPS) is 21.5. The van der Waals surface area contributed by atoms with Gasteiger partial charge >= 0.3 is 6.09 Å². The third kappa shape index (κ3) is 7.39. The van der Waals surface area contributed by atoms with Gasteiger partial charge in [0.05, 0.1) is 49.0 Å². The lowest BCUT2D eigenvalue weighted by atomic mass is 10.0. The second kappa shape index (κ2) is 15.4. The van der Waals surface area contributed by atoms with Crippen LogP contribution in [-0.2, 0) is 25.0 Å². The Morgan fingerprint density at radius 1 is 0.847 bits per heavy atom. The Morgan fingerprint density at radius 3 is 1.93 bits per heavy atom. The predicted molar refractivity (Wildman–Crippen MR) is 213 cm³/mol. The first kappa shape index (κ1) is 40.6. The highest BCUT2D eigenvalue weighted by Crippen LogP contribution is 2.58. The molecular weight excluding hydrogens is 763 g/mol. The lowest BCUT2D eigenvalue weighted by molar-refractivity contribution is -0.145. The molecule has 59 heavy (non-hydrogen) atoms. The standard InChI is InChI=1S/C43H52F2N8O6/c1-22(2)34(50-40(56)58-5)38(54)52-15-7-8-32(52)36-46-19-30(48-36)24-9-11-26-27-12-10-25(17-29(27)43(44,45)28(26)16-24)31-20-47-37(49-31)33-18-42(13-14-42)21-53(33)39(55)35(23(3)4)51-41(57)59-6/h9-12,16-17,19-20,22-23,32-35,41,51,57H,7-8,13-15,18,21H2,1-6H3,(H,46,48)(H,47,49)(H,50,56)/t32-,33-,34-,35-,41?/m0/s1. The fraction of sp³-hybridized carbons (Fsp3) is 0.512. The third-order valence-corrected chi connectivity index (χ3v) is 12.6. The van der Waals surface area contributed by atoms with Crippen molar-refractivity contribution >= 4 is 17.9 Å². The molecule has 3 fully saturated rings. The summed E-state index contributed by atoms with van der Waals surface area (Å²) in [6.45, 7) is 8.59. The Bertz CT molecular complexity index is 2250. The molecule has 3 amide bonds. The molecule has 2 saturated heterocycles. The summed E-state index contributed by atoms with van der Waals surface area (Å²) in [6, 6.07) is 7.88. The van der Waals surface area contributed by atoms with Gasteiger partial charge in [0.15, 0.2) is 0 Å². The highest BCUT2D eigenvalue weighted by atomic mass is 19.3. The number of nitrogens with zero attached hydrogens (tertiary/aromatic N) is 4. The van der Waals surface area contributed by atoms with Crippen molar-refractivity contribution in [2.24, 2.45) is 17.3 Å². The van der Waals surface area contributed by atoms with Crippen LogP contribution >= 0.6 is 0 Å². The van der Waals surface area contributed by atoms with E-state index >= 15 is 8.78 Å². The summed E-state index contributed by atoms with van der Waals surface area (Å²) in [5.74, 6) is -2.85. The lowest BCUT2D eigenvalue weighted by Crippen LogP contribution is -2.53. The van der Waals surface area contributed by atoms with Crippen molar-refractivity contribution in [3.8, 4) is 33.6 Å². The molecule has 2 aliphatic carbocycles. The predicted octanol–water partition coefficient (Wildman–Crippen LogP) is 6.22. The first-order valence-corrected chi connectivity index (χ1v) is 20.3. The summed E-state index contributed by atoms with van der Waals surface area (Å²) < 4.78 is 42.7. The molecule has 2 aliphatic heterocycles. The van der Waals surface area contributed by atoms with E-state index in [1.54, 1.807) is 41.6 Å². The maximum atomic E-state index is 16.5. The molecule has 14 nitrogen and oxygen atoms in total. The minimum absolute atomic E-state index is 0.0319. The topological polar surface area (TPSA) is 178 Å². The number of aromatic amines is 2. The van der Waals surface area contributed by atoms with Crippen LogP contribution in [0.1, 0.15) is 94.7 Å². The molecule has 1 spiro atoms. The van der Waals surface area contributed by atoms with Crippen LogP contribution < -0.4 is 10.6 Å². The number of ether oxygens (including phenoxy) is 2. The lowest BCUT2D eigenvalue weighted by Gasteiger charge is -2.31. The highest BCUT2D eigenvalue weighted by molar-refractivity contribution is 5.87. The largest absolute Gasteiger partial charge is 0.453 e. The van der Waals surface area contributed by atoms with E-state index in [0.29, 0.717) is 64.8 Å². The minimum atomic E-state index is -3.30. The average Bonchev–Trinajstić information content (AvgIpc) is 3.81. The van der Waals surface area contributed by atoms with Crippen LogP contribution in [0, 0.1) is 17.3 Å². The van der Waals surface area contributed by atoms with E-state index in [-0.39, 0.29) is 52.3 Å². The number of aromatic nitrogens is 4. The molecule has 4 aliphatic rings. The Morgan fingerprint density at radius 2 is 1.41 bits per heavy atom. The number of H-pyrrole nitrogens is 2. The van der Waals surface area contributed by atoms with Gasteiger partial charge in [-0.15, -0.1) is 0 Å².